The van der Waals surface area contributed by atoms with E-state index >= 15 is 0 Å². The van der Waals surface area contributed by atoms with E-state index in [0.29, 0.717) is 0 Å². The maximum Gasteiger partial charge on any atom is 0.0961 e. The number of pyridine rings is 1. The van der Waals surface area contributed by atoms with Crippen LogP contribution in [-0.4, -0.2) is 25.7 Å². The molecule has 0 radical (unpaired) electrons. The number of aliphatic hydroxyl groups is 1. The Morgan fingerprint density at radius 3 is 2.68 bits per heavy atom. The topological polar surface area (TPSA) is 50.9 Å². The lowest BCUT2D eigenvalue weighted by molar-refractivity contribution is 0.0773. The van der Waals surface area contributed by atoms with Crippen molar-refractivity contribution in [1.29, 1.82) is 0 Å². The highest BCUT2D eigenvalue weighted by Crippen LogP contribution is 2.41. The molecule has 2 fully saturated rings. The van der Waals surface area contributed by atoms with Crippen LogP contribution in [0.25, 0.3) is 22.3 Å². The van der Waals surface area contributed by atoms with E-state index in [1.54, 1.807) is 0 Å². The number of rotatable bonds is 3. The van der Waals surface area contributed by atoms with Gasteiger partial charge < -0.3 is 9.67 Å². The fourth-order valence-electron chi connectivity index (χ4n) is 4.15. The number of aromatic nitrogens is 3. The van der Waals surface area contributed by atoms with Gasteiger partial charge in [0.25, 0.3) is 0 Å². The summed E-state index contributed by atoms with van der Waals surface area (Å²) in [6.07, 6.45) is 10.4. The molecular weight excluding hydrogens is 310 g/mol. The Morgan fingerprint density at radius 2 is 1.84 bits per heavy atom. The minimum absolute atomic E-state index is 0.154. The predicted octanol–water partition coefficient (Wildman–Crippen LogP) is 4.45. The van der Waals surface area contributed by atoms with Crippen LogP contribution in [0.4, 0.5) is 0 Å². The highest BCUT2D eigenvalue weighted by molar-refractivity contribution is 5.81. The Hall–Kier alpha value is -2.20. The number of imidazole rings is 1. The molecule has 2 saturated carbocycles. The lowest BCUT2D eigenvalue weighted by Crippen LogP contribution is -2.27. The van der Waals surface area contributed by atoms with Gasteiger partial charge in [0.2, 0.25) is 0 Å². The van der Waals surface area contributed by atoms with Crippen LogP contribution in [0.1, 0.15) is 56.0 Å². The highest BCUT2D eigenvalue weighted by atomic mass is 16.3. The smallest absolute Gasteiger partial charge is 0.0961 e. The molecule has 0 saturated heterocycles. The molecule has 5 rings (SSSR count). The molecule has 0 amide bonds. The van der Waals surface area contributed by atoms with Gasteiger partial charge >= 0.3 is 0 Å². The lowest BCUT2D eigenvalue weighted by atomic mass is 9.92. The first-order chi connectivity index (χ1) is 12.3. The average molecular weight is 333 g/mol. The Kier molecular flexibility index (Phi) is 3.59. The fourth-order valence-corrected chi connectivity index (χ4v) is 4.15. The van der Waals surface area contributed by atoms with Gasteiger partial charge in [0, 0.05) is 11.8 Å². The van der Waals surface area contributed by atoms with Crippen molar-refractivity contribution in [2.24, 2.45) is 0 Å². The van der Waals surface area contributed by atoms with E-state index in [1.165, 1.54) is 24.8 Å². The Morgan fingerprint density at radius 1 is 0.960 bits per heavy atom. The maximum absolute atomic E-state index is 10.4. The molecule has 0 spiro atoms. The minimum Gasteiger partial charge on any atom is -0.391 e. The monoisotopic (exact) mass is 333 g/mol. The molecule has 3 aromatic rings. The van der Waals surface area contributed by atoms with Gasteiger partial charge in [0.1, 0.15) is 0 Å². The summed E-state index contributed by atoms with van der Waals surface area (Å²) in [5.41, 5.74) is 5.63. The van der Waals surface area contributed by atoms with Crippen molar-refractivity contribution in [2.45, 2.75) is 56.6 Å². The third kappa shape index (κ3) is 2.74. The van der Waals surface area contributed by atoms with E-state index in [-0.39, 0.29) is 12.1 Å². The number of hydrogen-bond acceptors (Lipinski definition) is 3. The van der Waals surface area contributed by atoms with Crippen molar-refractivity contribution in [3.05, 3.63) is 48.4 Å². The third-order valence-corrected chi connectivity index (χ3v) is 5.75. The molecule has 2 aromatic heterocycles. The van der Waals surface area contributed by atoms with Crippen LogP contribution in [0.5, 0.6) is 0 Å². The number of aliphatic hydroxyl groups excluding tert-OH is 1. The van der Waals surface area contributed by atoms with E-state index < -0.39 is 0 Å². The van der Waals surface area contributed by atoms with E-state index in [1.807, 2.05) is 12.5 Å². The fraction of sp³-hybridized carbons (Fsp3) is 0.429. The van der Waals surface area contributed by atoms with E-state index in [2.05, 4.69) is 44.9 Å². The molecule has 2 atom stereocenters. The Balaban J connectivity index is 1.51. The summed E-state index contributed by atoms with van der Waals surface area (Å²) in [6, 6.07) is 10.9. The molecular formula is C21H23N3O. The Labute approximate surface area is 147 Å². The molecule has 1 aromatic carbocycles. The number of hydrogen-bond donors (Lipinski definition) is 1. The van der Waals surface area contributed by atoms with Crippen molar-refractivity contribution in [3.8, 4) is 11.3 Å². The van der Waals surface area contributed by atoms with Crippen LogP contribution in [0.3, 0.4) is 0 Å². The third-order valence-electron chi connectivity index (χ3n) is 5.75. The largest absolute Gasteiger partial charge is 0.391 e. The zero-order valence-corrected chi connectivity index (χ0v) is 14.3. The molecule has 128 valence electrons. The van der Waals surface area contributed by atoms with Gasteiger partial charge in [-0.05, 0) is 61.4 Å². The summed E-state index contributed by atoms with van der Waals surface area (Å²) in [5.74, 6) is 0.734. The summed E-state index contributed by atoms with van der Waals surface area (Å²) in [4.78, 5) is 9.17. The van der Waals surface area contributed by atoms with Gasteiger partial charge in [-0.25, -0.2) is 4.98 Å². The quantitative estimate of drug-likeness (QED) is 0.770. The molecule has 4 heteroatoms. The van der Waals surface area contributed by atoms with E-state index in [9.17, 15) is 5.11 Å². The van der Waals surface area contributed by atoms with Crippen LogP contribution < -0.4 is 0 Å². The molecule has 0 unspecified atom stereocenters. The minimum atomic E-state index is -0.261. The van der Waals surface area contributed by atoms with Gasteiger partial charge in [-0.2, -0.15) is 0 Å². The van der Waals surface area contributed by atoms with Crippen molar-refractivity contribution in [2.75, 3.05) is 0 Å². The molecule has 0 aliphatic heterocycles. The summed E-state index contributed by atoms with van der Waals surface area (Å²) in [7, 11) is 0. The molecule has 2 heterocycles. The van der Waals surface area contributed by atoms with Crippen LogP contribution in [0.2, 0.25) is 0 Å². The number of benzene rings is 1. The second-order valence-electron chi connectivity index (χ2n) is 7.52. The molecule has 2 aliphatic carbocycles. The predicted molar refractivity (Wildman–Crippen MR) is 98.5 cm³/mol. The van der Waals surface area contributed by atoms with Gasteiger partial charge in [-0.1, -0.05) is 18.9 Å². The lowest BCUT2D eigenvalue weighted by Gasteiger charge is -2.29. The zero-order valence-electron chi connectivity index (χ0n) is 14.3. The van der Waals surface area contributed by atoms with Gasteiger partial charge in [-0.3, -0.25) is 4.98 Å². The molecule has 4 nitrogen and oxygen atoms in total. The maximum atomic E-state index is 10.4. The van der Waals surface area contributed by atoms with Crippen molar-refractivity contribution in [1.82, 2.24) is 14.5 Å². The average Bonchev–Trinajstić information content (AvgIpc) is 3.42. The van der Waals surface area contributed by atoms with Crippen LogP contribution in [0.15, 0.2) is 42.9 Å². The van der Waals surface area contributed by atoms with Crippen molar-refractivity contribution < 1.29 is 5.11 Å². The van der Waals surface area contributed by atoms with Crippen LogP contribution >= 0.6 is 0 Å². The molecule has 1 N–H and O–H groups in total. The Bertz CT molecular complexity index is 912. The first kappa shape index (κ1) is 15.1. The van der Waals surface area contributed by atoms with E-state index in [0.717, 1.165) is 47.5 Å². The number of nitrogens with zero attached hydrogens (tertiary/aromatic N) is 3. The summed E-state index contributed by atoms with van der Waals surface area (Å²) >= 11 is 0. The standard InChI is InChI=1S/C21H23N3O/c25-21-4-2-1-3-20(21)24-13-23-18-12-16(7-8-19(18)24)17-11-15(9-10-22-17)14-5-6-14/h7-14,20-21,25H,1-6H2/t20-,21-/m1/s1. The van der Waals surface area contributed by atoms with Crippen molar-refractivity contribution in [3.63, 3.8) is 0 Å². The van der Waals surface area contributed by atoms with Crippen LogP contribution in [-0.2, 0) is 0 Å². The first-order valence-corrected chi connectivity index (χ1v) is 9.40. The van der Waals surface area contributed by atoms with Gasteiger partial charge in [0.05, 0.1) is 35.2 Å². The zero-order chi connectivity index (χ0) is 16.8. The SMILES string of the molecule is O[C@@H]1CCCC[C@H]1n1cnc2cc(-c3cc(C4CC4)ccn3)ccc21. The number of fused-ring (bicyclic) bond motifs is 1. The van der Waals surface area contributed by atoms with E-state index in [4.69, 9.17) is 0 Å². The second-order valence-corrected chi connectivity index (χ2v) is 7.52. The van der Waals surface area contributed by atoms with Gasteiger partial charge in [0.15, 0.2) is 0 Å². The molecule has 0 bridgehead atoms. The summed E-state index contributed by atoms with van der Waals surface area (Å²) < 4.78 is 2.16. The second kappa shape index (κ2) is 5.95. The van der Waals surface area contributed by atoms with Crippen LogP contribution in [0, 0.1) is 0 Å². The summed E-state index contributed by atoms with van der Waals surface area (Å²) in [6.45, 7) is 0. The van der Waals surface area contributed by atoms with Crippen molar-refractivity contribution >= 4 is 11.0 Å². The highest BCUT2D eigenvalue weighted by Gasteiger charge is 2.26. The molecule has 25 heavy (non-hydrogen) atoms. The normalized spacial score (nSPS) is 23.9. The first-order valence-electron chi connectivity index (χ1n) is 9.40. The van der Waals surface area contributed by atoms with Gasteiger partial charge in [-0.15, -0.1) is 0 Å². The molecule has 2 aliphatic rings. The summed E-state index contributed by atoms with van der Waals surface area (Å²) in [5, 5.41) is 10.4.